The van der Waals surface area contributed by atoms with Crippen LogP contribution in [0.5, 0.6) is 0 Å². The molecule has 0 saturated carbocycles. The molecule has 7 rings (SSSR count). The summed E-state index contributed by atoms with van der Waals surface area (Å²) in [4.78, 5) is 4.74. The normalized spacial score (nSPS) is 12.0. The molecule has 0 aliphatic carbocycles. The Balaban J connectivity index is 1.60. The van der Waals surface area contributed by atoms with Gasteiger partial charge < -0.3 is 8.83 Å². The van der Waals surface area contributed by atoms with Gasteiger partial charge in [-0.05, 0) is 68.7 Å². The van der Waals surface area contributed by atoms with Crippen molar-refractivity contribution in [2.75, 3.05) is 0 Å². The monoisotopic (exact) mass is 385 g/mol. The fourth-order valence-corrected chi connectivity index (χ4v) is 4.62. The van der Waals surface area contributed by atoms with Gasteiger partial charge in [0.25, 0.3) is 0 Å². The largest absolute Gasteiger partial charge is 0.464 e. The maximum atomic E-state index is 6.10. The zero-order valence-corrected chi connectivity index (χ0v) is 15.9. The molecule has 7 aromatic rings. The molecule has 0 N–H and O–H groups in total. The van der Waals surface area contributed by atoms with E-state index in [1.807, 2.05) is 36.4 Å². The molecule has 0 fully saturated rings. The van der Waals surface area contributed by atoms with E-state index in [2.05, 4.69) is 48.5 Å². The minimum absolute atomic E-state index is 0.653. The van der Waals surface area contributed by atoms with Crippen LogP contribution >= 0.6 is 0 Å². The van der Waals surface area contributed by atoms with E-state index in [9.17, 15) is 0 Å². The van der Waals surface area contributed by atoms with E-state index in [0.717, 1.165) is 33.4 Å². The van der Waals surface area contributed by atoms with E-state index < -0.39 is 0 Å². The lowest BCUT2D eigenvalue weighted by atomic mass is 9.89. The summed E-state index contributed by atoms with van der Waals surface area (Å²) in [5, 5.41) is 7.24. The summed E-state index contributed by atoms with van der Waals surface area (Å²) in [7, 11) is 0. The third kappa shape index (κ3) is 2.06. The summed E-state index contributed by atoms with van der Waals surface area (Å²) in [5.41, 5.74) is 3.79. The fraction of sp³-hybridized carbons (Fsp3) is 0. The summed E-state index contributed by atoms with van der Waals surface area (Å²) in [5.74, 6) is 1.53. The van der Waals surface area contributed by atoms with Crippen molar-refractivity contribution in [3.63, 3.8) is 0 Å². The van der Waals surface area contributed by atoms with Gasteiger partial charge in [0, 0.05) is 11.1 Å². The first-order valence-electron chi connectivity index (χ1n) is 9.97. The summed E-state index contributed by atoms with van der Waals surface area (Å²) in [6.07, 6.45) is 1.72. The average molecular weight is 385 g/mol. The smallest absolute Gasteiger partial charge is 0.227 e. The van der Waals surface area contributed by atoms with Crippen molar-refractivity contribution in [3.8, 4) is 22.8 Å². The van der Waals surface area contributed by atoms with Gasteiger partial charge in [-0.25, -0.2) is 4.98 Å². The summed E-state index contributed by atoms with van der Waals surface area (Å²) < 4.78 is 11.8. The Morgan fingerprint density at radius 2 is 1.30 bits per heavy atom. The van der Waals surface area contributed by atoms with Gasteiger partial charge in [-0.15, -0.1) is 0 Å². The van der Waals surface area contributed by atoms with Crippen molar-refractivity contribution in [2.24, 2.45) is 0 Å². The highest BCUT2D eigenvalue weighted by Crippen LogP contribution is 2.42. The van der Waals surface area contributed by atoms with E-state index in [1.54, 1.807) is 6.26 Å². The first-order chi connectivity index (χ1) is 14.9. The van der Waals surface area contributed by atoms with Crippen molar-refractivity contribution in [1.29, 1.82) is 0 Å². The Kier molecular flexibility index (Phi) is 3.00. The second-order valence-corrected chi connectivity index (χ2v) is 7.61. The number of fused-ring (bicyclic) bond motifs is 1. The van der Waals surface area contributed by atoms with E-state index >= 15 is 0 Å². The molecular formula is C27H15NO2. The Labute approximate surface area is 171 Å². The van der Waals surface area contributed by atoms with Crippen molar-refractivity contribution < 1.29 is 8.83 Å². The first kappa shape index (κ1) is 15.8. The SMILES string of the molecule is c1coc(-c2ccc3ccc4c(-c5nc6ccccc6o5)ccc5ccc2c3c54)c1. The number of aromatic nitrogens is 1. The number of rotatable bonds is 2. The first-order valence-corrected chi connectivity index (χ1v) is 9.97. The topological polar surface area (TPSA) is 39.2 Å². The molecule has 0 saturated heterocycles. The Morgan fingerprint density at radius 1 is 0.600 bits per heavy atom. The van der Waals surface area contributed by atoms with Crippen molar-refractivity contribution in [3.05, 3.63) is 91.2 Å². The molecule has 0 spiro atoms. The standard InChI is InChI=1S/C27H15NO2/c1-2-5-24-22(4-1)28-27(30-24)21-14-10-17-8-12-19-18(23-6-3-15-29-23)11-7-16-9-13-20(21)26(17)25(16)19/h1-15H. The molecule has 30 heavy (non-hydrogen) atoms. The zero-order valence-electron chi connectivity index (χ0n) is 15.9. The summed E-state index contributed by atoms with van der Waals surface area (Å²) in [6, 6.07) is 29.2. The van der Waals surface area contributed by atoms with E-state index in [1.165, 1.54) is 26.9 Å². The molecule has 3 nitrogen and oxygen atoms in total. The zero-order chi connectivity index (χ0) is 19.7. The number of furan rings is 1. The van der Waals surface area contributed by atoms with Crippen LogP contribution in [0, 0.1) is 0 Å². The van der Waals surface area contributed by atoms with Crippen LogP contribution < -0.4 is 0 Å². The molecule has 5 aromatic carbocycles. The molecule has 2 heterocycles. The lowest BCUT2D eigenvalue weighted by Crippen LogP contribution is -1.89. The van der Waals surface area contributed by atoms with Gasteiger partial charge in [0.2, 0.25) is 5.89 Å². The van der Waals surface area contributed by atoms with Crippen molar-refractivity contribution in [1.82, 2.24) is 4.98 Å². The van der Waals surface area contributed by atoms with Gasteiger partial charge >= 0.3 is 0 Å². The van der Waals surface area contributed by atoms with Crippen LogP contribution in [0.3, 0.4) is 0 Å². The summed E-state index contributed by atoms with van der Waals surface area (Å²) >= 11 is 0. The molecule has 2 aromatic heterocycles. The van der Waals surface area contributed by atoms with Gasteiger partial charge in [0.15, 0.2) is 5.58 Å². The fourth-order valence-electron chi connectivity index (χ4n) is 4.62. The molecule has 0 aliphatic rings. The highest BCUT2D eigenvalue weighted by atomic mass is 16.3. The Morgan fingerprint density at radius 3 is 2.03 bits per heavy atom. The number of para-hydroxylation sites is 2. The van der Waals surface area contributed by atoms with Crippen LogP contribution in [-0.2, 0) is 0 Å². The van der Waals surface area contributed by atoms with Gasteiger partial charge in [-0.1, -0.05) is 48.5 Å². The van der Waals surface area contributed by atoms with Gasteiger partial charge in [-0.2, -0.15) is 0 Å². The number of hydrogen-bond donors (Lipinski definition) is 0. The van der Waals surface area contributed by atoms with Crippen molar-refractivity contribution >= 4 is 43.4 Å². The van der Waals surface area contributed by atoms with Crippen LogP contribution in [0.15, 0.2) is 100 Å². The van der Waals surface area contributed by atoms with Crippen LogP contribution in [0.25, 0.3) is 66.2 Å². The molecule has 0 aliphatic heterocycles. The van der Waals surface area contributed by atoms with E-state index in [4.69, 9.17) is 13.8 Å². The highest BCUT2D eigenvalue weighted by molar-refractivity contribution is 6.27. The molecular weight excluding hydrogens is 370 g/mol. The number of nitrogens with zero attached hydrogens (tertiary/aromatic N) is 1. The summed E-state index contributed by atoms with van der Waals surface area (Å²) in [6.45, 7) is 0. The quantitative estimate of drug-likeness (QED) is 0.287. The number of oxazole rings is 1. The average Bonchev–Trinajstić information content (AvgIpc) is 3.47. The predicted molar refractivity (Wildman–Crippen MR) is 121 cm³/mol. The molecule has 0 radical (unpaired) electrons. The molecule has 0 atom stereocenters. The second-order valence-electron chi connectivity index (χ2n) is 7.61. The number of benzene rings is 5. The maximum absolute atomic E-state index is 6.10. The van der Waals surface area contributed by atoms with Crippen LogP contribution in [0.2, 0.25) is 0 Å². The lowest BCUT2D eigenvalue weighted by Gasteiger charge is -2.14. The van der Waals surface area contributed by atoms with Crippen LogP contribution in [0.4, 0.5) is 0 Å². The van der Waals surface area contributed by atoms with Crippen LogP contribution in [0.1, 0.15) is 0 Å². The minimum Gasteiger partial charge on any atom is -0.464 e. The molecule has 3 heteroatoms. The van der Waals surface area contributed by atoms with Gasteiger partial charge in [0.1, 0.15) is 11.3 Å². The molecule has 0 amide bonds. The Hall–Kier alpha value is -4.11. The maximum Gasteiger partial charge on any atom is 0.227 e. The second kappa shape index (κ2) is 5.71. The molecule has 0 bridgehead atoms. The molecule has 0 unspecified atom stereocenters. The lowest BCUT2D eigenvalue weighted by molar-refractivity contribution is 0.583. The van der Waals surface area contributed by atoms with Crippen molar-refractivity contribution in [2.45, 2.75) is 0 Å². The molecule has 140 valence electrons. The van der Waals surface area contributed by atoms with E-state index in [-0.39, 0.29) is 0 Å². The third-order valence-electron chi connectivity index (χ3n) is 5.98. The third-order valence-corrected chi connectivity index (χ3v) is 5.98. The van der Waals surface area contributed by atoms with Gasteiger partial charge in [0.05, 0.1) is 6.26 Å². The van der Waals surface area contributed by atoms with E-state index in [0.29, 0.717) is 5.89 Å². The number of hydrogen-bond acceptors (Lipinski definition) is 3. The van der Waals surface area contributed by atoms with Gasteiger partial charge in [-0.3, -0.25) is 0 Å². The Bertz CT molecular complexity index is 1660. The highest BCUT2D eigenvalue weighted by Gasteiger charge is 2.17. The minimum atomic E-state index is 0.653. The predicted octanol–water partition coefficient (Wildman–Crippen LogP) is 7.65. The van der Waals surface area contributed by atoms with Crippen LogP contribution in [-0.4, -0.2) is 4.98 Å².